The molecule has 0 bridgehead atoms. The summed E-state index contributed by atoms with van der Waals surface area (Å²) in [4.78, 5) is 20.5. The first-order valence-electron chi connectivity index (χ1n) is 6.85. The Bertz CT molecular complexity index is 420. The largest absolute Gasteiger partial charge is 0.343 e. The number of amides is 1. The van der Waals surface area contributed by atoms with E-state index in [2.05, 4.69) is 29.1 Å². The molecule has 1 aliphatic heterocycles. The molecule has 0 N–H and O–H groups in total. The minimum atomic E-state index is 0.236. The highest BCUT2D eigenvalue weighted by molar-refractivity contribution is 5.76. The molecule has 1 fully saturated rings. The van der Waals surface area contributed by atoms with E-state index < -0.39 is 0 Å². The van der Waals surface area contributed by atoms with Crippen LogP contribution in [0, 0.1) is 0 Å². The first-order valence-corrected chi connectivity index (χ1v) is 6.85. The average molecular weight is 265 g/mol. The molecular formula is C13H23N5O. The van der Waals surface area contributed by atoms with Crippen molar-refractivity contribution in [1.29, 1.82) is 0 Å². The van der Waals surface area contributed by atoms with Gasteiger partial charge in [-0.2, -0.15) is 5.10 Å². The highest BCUT2D eigenvalue weighted by Crippen LogP contribution is 2.15. The van der Waals surface area contributed by atoms with Crippen LogP contribution < -0.4 is 0 Å². The van der Waals surface area contributed by atoms with Gasteiger partial charge in [0.15, 0.2) is 0 Å². The van der Waals surface area contributed by atoms with E-state index in [9.17, 15) is 4.79 Å². The van der Waals surface area contributed by atoms with E-state index in [1.807, 2.05) is 11.9 Å². The summed E-state index contributed by atoms with van der Waals surface area (Å²) < 4.78 is 1.73. The van der Waals surface area contributed by atoms with Gasteiger partial charge in [-0.05, 0) is 26.9 Å². The average Bonchev–Trinajstić information content (AvgIpc) is 2.81. The number of nitrogens with zero attached hydrogens (tertiary/aromatic N) is 5. The van der Waals surface area contributed by atoms with Gasteiger partial charge in [0.2, 0.25) is 5.91 Å². The molecule has 0 unspecified atom stereocenters. The topological polar surface area (TPSA) is 54.3 Å². The van der Waals surface area contributed by atoms with E-state index in [4.69, 9.17) is 0 Å². The van der Waals surface area contributed by atoms with Crippen molar-refractivity contribution in [2.45, 2.75) is 31.7 Å². The summed E-state index contributed by atoms with van der Waals surface area (Å²) in [6, 6.07) is 0.614. The van der Waals surface area contributed by atoms with Crippen LogP contribution in [0.4, 0.5) is 0 Å². The van der Waals surface area contributed by atoms with Gasteiger partial charge >= 0.3 is 0 Å². The van der Waals surface area contributed by atoms with Crippen molar-refractivity contribution in [3.8, 4) is 0 Å². The fraction of sp³-hybridized carbons (Fsp3) is 0.769. The van der Waals surface area contributed by atoms with Gasteiger partial charge < -0.3 is 9.80 Å². The number of hydrogen-bond acceptors (Lipinski definition) is 4. The second-order valence-corrected chi connectivity index (χ2v) is 5.38. The molecule has 1 aromatic rings. The van der Waals surface area contributed by atoms with Gasteiger partial charge in [-0.25, -0.2) is 4.98 Å². The maximum absolute atomic E-state index is 12.1. The third-order valence-electron chi connectivity index (χ3n) is 3.92. The van der Waals surface area contributed by atoms with Gasteiger partial charge in [0.1, 0.15) is 12.2 Å². The number of hydrogen-bond donors (Lipinski definition) is 0. The molecule has 0 radical (unpaired) electrons. The number of aryl methyl sites for hydroxylation is 2. The Kier molecular flexibility index (Phi) is 4.52. The highest BCUT2D eigenvalue weighted by atomic mass is 16.2. The van der Waals surface area contributed by atoms with E-state index in [0.717, 1.165) is 31.8 Å². The summed E-state index contributed by atoms with van der Waals surface area (Å²) in [5.41, 5.74) is 0. The highest BCUT2D eigenvalue weighted by Gasteiger charge is 2.23. The van der Waals surface area contributed by atoms with E-state index in [1.165, 1.54) is 6.33 Å². The van der Waals surface area contributed by atoms with Crippen molar-refractivity contribution in [2.24, 2.45) is 7.05 Å². The van der Waals surface area contributed by atoms with Crippen molar-refractivity contribution in [2.75, 3.05) is 27.2 Å². The van der Waals surface area contributed by atoms with Crippen LogP contribution in [0.1, 0.15) is 25.1 Å². The van der Waals surface area contributed by atoms with E-state index in [0.29, 0.717) is 18.9 Å². The fourth-order valence-corrected chi connectivity index (χ4v) is 2.55. The molecule has 1 amide bonds. The quantitative estimate of drug-likeness (QED) is 0.786. The molecule has 1 aliphatic rings. The Labute approximate surface area is 114 Å². The Hall–Kier alpha value is -1.43. The Morgan fingerprint density at radius 1 is 1.42 bits per heavy atom. The van der Waals surface area contributed by atoms with E-state index in [-0.39, 0.29) is 5.91 Å². The maximum atomic E-state index is 12.1. The molecule has 0 aromatic carbocycles. The summed E-state index contributed by atoms with van der Waals surface area (Å²) in [6.45, 7) is 1.75. The predicted molar refractivity (Wildman–Crippen MR) is 72.6 cm³/mol. The van der Waals surface area contributed by atoms with Crippen molar-refractivity contribution in [1.82, 2.24) is 24.6 Å². The van der Waals surface area contributed by atoms with Crippen molar-refractivity contribution in [3.05, 3.63) is 12.2 Å². The third-order valence-corrected chi connectivity index (χ3v) is 3.92. The van der Waals surface area contributed by atoms with Crippen LogP contribution in [0.5, 0.6) is 0 Å². The first kappa shape index (κ1) is 14.0. The molecule has 2 rings (SSSR count). The van der Waals surface area contributed by atoms with Crippen LogP contribution in [0.25, 0.3) is 0 Å². The van der Waals surface area contributed by atoms with E-state index >= 15 is 0 Å². The van der Waals surface area contributed by atoms with Crippen molar-refractivity contribution in [3.63, 3.8) is 0 Å². The lowest BCUT2D eigenvalue weighted by atomic mass is 10.0. The smallest absolute Gasteiger partial charge is 0.223 e. The van der Waals surface area contributed by atoms with Gasteiger partial charge in [-0.3, -0.25) is 9.48 Å². The van der Waals surface area contributed by atoms with Crippen LogP contribution in [-0.4, -0.2) is 63.7 Å². The molecule has 0 spiro atoms. The molecule has 6 nitrogen and oxygen atoms in total. The lowest BCUT2D eigenvalue weighted by Gasteiger charge is -2.35. The van der Waals surface area contributed by atoms with Crippen LogP contribution in [0.3, 0.4) is 0 Å². The molecule has 2 heterocycles. The number of carbonyl (C=O) groups excluding carboxylic acids is 1. The molecule has 0 aliphatic carbocycles. The fourth-order valence-electron chi connectivity index (χ4n) is 2.55. The molecule has 0 saturated carbocycles. The van der Waals surface area contributed by atoms with Gasteiger partial charge in [-0.15, -0.1) is 0 Å². The van der Waals surface area contributed by atoms with Crippen molar-refractivity contribution < 1.29 is 4.79 Å². The Morgan fingerprint density at radius 2 is 2.11 bits per heavy atom. The molecular weight excluding hydrogens is 242 g/mol. The second-order valence-electron chi connectivity index (χ2n) is 5.38. The molecule has 0 atom stereocenters. The van der Waals surface area contributed by atoms with Crippen LogP contribution in [0.2, 0.25) is 0 Å². The molecule has 1 aromatic heterocycles. The zero-order valence-corrected chi connectivity index (χ0v) is 12.0. The van der Waals surface area contributed by atoms with Crippen LogP contribution in [0.15, 0.2) is 6.33 Å². The number of likely N-dealkylation sites (tertiary alicyclic amines) is 1. The van der Waals surface area contributed by atoms with Gasteiger partial charge in [0, 0.05) is 39.0 Å². The molecule has 1 saturated heterocycles. The number of piperidine rings is 1. The summed E-state index contributed by atoms with van der Waals surface area (Å²) in [6.07, 6.45) is 4.87. The number of aromatic nitrogens is 3. The lowest BCUT2D eigenvalue weighted by Crippen LogP contribution is -2.44. The summed E-state index contributed by atoms with van der Waals surface area (Å²) in [5.74, 6) is 1.11. The normalized spacial score (nSPS) is 17.2. The summed E-state index contributed by atoms with van der Waals surface area (Å²) in [5, 5.41) is 4.01. The van der Waals surface area contributed by atoms with Crippen LogP contribution >= 0.6 is 0 Å². The van der Waals surface area contributed by atoms with Crippen molar-refractivity contribution >= 4 is 5.91 Å². The number of rotatable bonds is 4. The predicted octanol–water partition coefficient (Wildman–Crippen LogP) is 0.300. The number of carbonyl (C=O) groups is 1. The van der Waals surface area contributed by atoms with E-state index in [1.54, 1.807) is 4.68 Å². The zero-order chi connectivity index (χ0) is 13.8. The Balaban J connectivity index is 1.77. The van der Waals surface area contributed by atoms with Crippen LogP contribution in [-0.2, 0) is 18.3 Å². The lowest BCUT2D eigenvalue weighted by molar-refractivity contribution is -0.132. The minimum Gasteiger partial charge on any atom is -0.343 e. The standard InChI is InChI=1S/C13H23N5O/c1-16(2)11-6-8-18(9-7-11)13(19)5-4-12-14-10-15-17(12)3/h10-11H,4-9H2,1-3H3. The minimum absolute atomic E-state index is 0.236. The Morgan fingerprint density at radius 3 is 2.63 bits per heavy atom. The van der Waals surface area contributed by atoms with Gasteiger partial charge in [0.05, 0.1) is 0 Å². The third kappa shape index (κ3) is 3.53. The molecule has 6 heteroatoms. The van der Waals surface area contributed by atoms with Gasteiger partial charge in [-0.1, -0.05) is 0 Å². The maximum Gasteiger partial charge on any atom is 0.223 e. The summed E-state index contributed by atoms with van der Waals surface area (Å²) >= 11 is 0. The SMILES string of the molecule is CN(C)C1CCN(C(=O)CCc2ncnn2C)CC1. The summed E-state index contributed by atoms with van der Waals surface area (Å²) in [7, 11) is 6.07. The van der Waals surface area contributed by atoms with Gasteiger partial charge in [0.25, 0.3) is 0 Å². The first-order chi connectivity index (χ1) is 9.08. The molecule has 19 heavy (non-hydrogen) atoms. The monoisotopic (exact) mass is 265 g/mol. The zero-order valence-electron chi connectivity index (χ0n) is 12.0. The second kappa shape index (κ2) is 6.14. The molecule has 106 valence electrons.